The fourth-order valence-corrected chi connectivity index (χ4v) is 7.86. The Kier molecular flexibility index (Phi) is 15.4. The maximum atomic E-state index is 14.0. The van der Waals surface area contributed by atoms with Crippen molar-refractivity contribution in [3.8, 4) is 0 Å². The van der Waals surface area contributed by atoms with Crippen molar-refractivity contribution in [3.05, 3.63) is 107 Å². The number of fused-ring (bicyclic) bond motifs is 1. The number of hydrazone groups is 1. The van der Waals surface area contributed by atoms with E-state index >= 15 is 0 Å². The second-order valence-electron chi connectivity index (χ2n) is 14.9. The second kappa shape index (κ2) is 21.4. The second-order valence-corrected chi connectivity index (χ2v) is 17.7. The normalized spacial score (nSPS) is 13.3. The summed E-state index contributed by atoms with van der Waals surface area (Å²) in [6, 6.07) is 20.1. The zero-order valence-electron chi connectivity index (χ0n) is 36.5. The average molecular weight is 1030 g/mol. The number of Topliss-reactive ketones (excluding diaryl/α,β-unsaturated/α-hetero) is 1. The van der Waals surface area contributed by atoms with E-state index in [1.54, 1.807) is 0 Å². The number of ketones is 1. The smallest absolute Gasteiger partial charge is 0.323 e. The number of benzene rings is 5. The minimum Gasteiger partial charge on any atom is -0.480 e. The van der Waals surface area contributed by atoms with Crippen molar-refractivity contribution in [1.29, 1.82) is 0 Å². The van der Waals surface area contributed by atoms with E-state index in [0.29, 0.717) is 12.1 Å². The van der Waals surface area contributed by atoms with E-state index < -0.39 is 114 Å². The topological polar surface area (TPSA) is 458 Å². The van der Waals surface area contributed by atoms with Crippen molar-refractivity contribution in [3.63, 3.8) is 0 Å². The minimum absolute atomic E-state index is 0.0479. The molecule has 6 rings (SSSR count). The number of hydrogen-bond donors (Lipinski definition) is 10. The molecule has 30 heteroatoms. The Bertz CT molecular complexity index is 3390. The summed E-state index contributed by atoms with van der Waals surface area (Å²) in [5.41, 5.74) is 19.1. The maximum Gasteiger partial charge on any atom is 0.323 e. The van der Waals surface area contributed by atoms with Crippen molar-refractivity contribution >= 4 is 130 Å². The zero-order valence-corrected chi connectivity index (χ0v) is 38.1. The molecule has 0 unspecified atom stereocenters. The Morgan fingerprint density at radius 1 is 0.556 bits per heavy atom. The Morgan fingerprint density at radius 3 is 1.36 bits per heavy atom. The first-order valence-corrected chi connectivity index (χ1v) is 22.9. The van der Waals surface area contributed by atoms with E-state index in [2.05, 4.69) is 41.2 Å². The lowest BCUT2D eigenvalue weighted by Gasteiger charge is -2.21. The molecule has 0 amide bonds. The fourth-order valence-electron chi connectivity index (χ4n) is 6.53. The van der Waals surface area contributed by atoms with Gasteiger partial charge in [-0.1, -0.05) is 0 Å². The number of carbonyl (C=O) groups excluding carboxylic acids is 1. The van der Waals surface area contributed by atoms with Gasteiger partial charge in [-0.2, -0.15) is 37.3 Å². The van der Waals surface area contributed by atoms with E-state index in [-0.39, 0.29) is 56.9 Å². The van der Waals surface area contributed by atoms with Crippen LogP contribution in [0.15, 0.2) is 137 Å². The van der Waals surface area contributed by atoms with Gasteiger partial charge in [0, 0.05) is 11.4 Å². The number of hydrogen-bond acceptors (Lipinski definition) is 22. The number of nitrogens with zero attached hydrogens (tertiary/aromatic N) is 9. The molecule has 28 nitrogen and oxygen atoms in total. The summed E-state index contributed by atoms with van der Waals surface area (Å²) < 4.78 is 70.5. The number of aliphatic carboxylic acids is 4. The highest BCUT2D eigenvalue weighted by Gasteiger charge is 2.37. The van der Waals surface area contributed by atoms with E-state index in [0.717, 1.165) is 9.80 Å². The van der Waals surface area contributed by atoms with Crippen LogP contribution in [0.2, 0.25) is 0 Å². The summed E-state index contributed by atoms with van der Waals surface area (Å²) in [7, 11) is -10.5. The van der Waals surface area contributed by atoms with Gasteiger partial charge in [-0.3, -0.25) is 38.5 Å². The molecule has 0 radical (unpaired) electrons. The Balaban J connectivity index is 1.22. The van der Waals surface area contributed by atoms with E-state index in [1.165, 1.54) is 84.9 Å². The molecule has 0 aromatic heterocycles. The lowest BCUT2D eigenvalue weighted by Crippen LogP contribution is -2.34. The Hall–Kier alpha value is -9.52. The summed E-state index contributed by atoms with van der Waals surface area (Å²) in [5, 5.41) is 64.7. The highest BCUT2D eigenvalue weighted by atomic mass is 32.2. The Morgan fingerprint density at radius 2 is 0.972 bits per heavy atom. The lowest BCUT2D eigenvalue weighted by molar-refractivity contribution is -0.138. The predicted octanol–water partition coefficient (Wildman–Crippen LogP) is 5.77. The van der Waals surface area contributed by atoms with E-state index in [9.17, 15) is 49.9 Å². The molecule has 5 aromatic rings. The van der Waals surface area contributed by atoms with Crippen LogP contribution >= 0.6 is 0 Å². The summed E-state index contributed by atoms with van der Waals surface area (Å²) in [4.78, 5) is 59.0. The van der Waals surface area contributed by atoms with Crippen LogP contribution in [0.4, 0.5) is 68.2 Å². The molecular formula is C42H37N13O15S2. The molecule has 0 aliphatic heterocycles. The van der Waals surface area contributed by atoms with Gasteiger partial charge in [-0.05, 0) is 103 Å². The number of nitrogens with one attached hydrogen (secondary N) is 1. The number of carboxylic acids is 4. The molecular weight excluding hydrogens is 991 g/mol. The molecule has 0 saturated carbocycles. The van der Waals surface area contributed by atoms with Gasteiger partial charge in [0.05, 0.1) is 45.4 Å². The van der Waals surface area contributed by atoms with Gasteiger partial charge in [-0.25, -0.2) is 0 Å². The summed E-state index contributed by atoms with van der Waals surface area (Å²) in [5.74, 6) is -6.29. The predicted molar refractivity (Wildman–Crippen MR) is 258 cm³/mol. The quantitative estimate of drug-likeness (QED) is 0.0191. The van der Waals surface area contributed by atoms with Gasteiger partial charge in [0.25, 0.3) is 20.2 Å². The first-order valence-electron chi connectivity index (χ1n) is 20.0. The van der Waals surface area contributed by atoms with Crippen LogP contribution < -0.4 is 32.4 Å². The van der Waals surface area contributed by atoms with Crippen molar-refractivity contribution < 1.29 is 70.3 Å². The third kappa shape index (κ3) is 13.0. The van der Waals surface area contributed by atoms with Gasteiger partial charge in [0.2, 0.25) is 5.78 Å². The van der Waals surface area contributed by atoms with Gasteiger partial charge in [0.1, 0.15) is 53.0 Å². The molecule has 372 valence electrons. The third-order valence-corrected chi connectivity index (χ3v) is 11.5. The highest BCUT2D eigenvalue weighted by molar-refractivity contribution is 7.91. The molecule has 0 atom stereocenters. The molecule has 72 heavy (non-hydrogen) atoms. The van der Waals surface area contributed by atoms with Crippen molar-refractivity contribution in [2.75, 3.05) is 58.6 Å². The molecule has 5 aromatic carbocycles. The van der Waals surface area contributed by atoms with Crippen molar-refractivity contribution in [1.82, 2.24) is 0 Å². The average Bonchev–Trinajstić information content (AvgIpc) is 3.29. The van der Waals surface area contributed by atoms with Crippen LogP contribution in [-0.2, 0) is 39.4 Å². The summed E-state index contributed by atoms with van der Waals surface area (Å²) >= 11 is 0. The van der Waals surface area contributed by atoms with E-state index in [1.807, 2.05) is 0 Å². The summed E-state index contributed by atoms with van der Waals surface area (Å²) in [6.07, 6.45) is 0.707. The van der Waals surface area contributed by atoms with Crippen LogP contribution in [0.25, 0.3) is 6.08 Å². The monoisotopic (exact) mass is 1030 g/mol. The molecule has 1 aliphatic rings. The van der Waals surface area contributed by atoms with Gasteiger partial charge >= 0.3 is 23.9 Å². The first-order chi connectivity index (χ1) is 33.9. The van der Waals surface area contributed by atoms with Crippen LogP contribution in [0, 0.1) is 0 Å². The molecule has 1 aliphatic carbocycles. The van der Waals surface area contributed by atoms with Crippen LogP contribution in [0.5, 0.6) is 0 Å². The maximum absolute atomic E-state index is 14.0. The largest absolute Gasteiger partial charge is 0.480 e. The number of anilines is 6. The molecule has 0 bridgehead atoms. The highest BCUT2D eigenvalue weighted by Crippen LogP contribution is 2.41. The van der Waals surface area contributed by atoms with Crippen molar-refractivity contribution in [2.45, 2.75) is 4.90 Å². The van der Waals surface area contributed by atoms with Crippen LogP contribution in [0.1, 0.15) is 15.9 Å². The minimum atomic E-state index is -5.25. The van der Waals surface area contributed by atoms with Crippen molar-refractivity contribution in [2.24, 2.45) is 35.8 Å². The SMILES string of the molecule is Nc1cc(N(CC(=O)O)CC(=O)O)ccc1N=Nc1ccc(N=Nc2c(S(=O)(=O)O)cc3c(c2N)C(=O)/C(=N\Nc2ccc(N=Nc4ccc(N(CC(=O)O)CC(=O)O)cc4N)cc2)C(S(=O)(=O)O)=C3)cc1. The standard InChI is InChI=1S/C42H37N13O15S2/c43-28-15-26(54(17-34(56)57)18-35(58)59)9-11-30(28)50-46-22-1-5-24(6-2-22)48-52-40-32(71(65,66)67)13-21-14-33(72(68,69)70)41(42(64)38(21)39(40)45)53-49-25-7-3-23(4-8-25)47-51-31-12-10-27(16-29(31)44)55(19-36(60)61)20-37(62)63/h1-16,49H,17-20,43-45H2,(H,56,57)(H,58,59)(H,60,61)(H,62,63)(H,65,66,67)(H,68,69,70)/b50-46?,51-47?,52-48?,53-41-. The summed E-state index contributed by atoms with van der Waals surface area (Å²) in [6.45, 7) is -2.43. The molecule has 0 saturated heterocycles. The third-order valence-electron chi connectivity index (χ3n) is 9.73. The fraction of sp³-hybridized carbons (Fsp3) is 0.0952. The molecule has 0 spiro atoms. The molecule has 13 N–H and O–H groups in total. The number of azo groups is 3. The van der Waals surface area contributed by atoms with Gasteiger partial charge in [-0.15, -0.1) is 15.3 Å². The number of nitrogen functional groups attached to an aromatic ring is 3. The van der Waals surface area contributed by atoms with Gasteiger partial charge in [0.15, 0.2) is 5.71 Å². The number of nitrogens with two attached hydrogens (primary N) is 3. The van der Waals surface area contributed by atoms with Crippen LogP contribution in [0.3, 0.4) is 0 Å². The number of carbonyl (C=O) groups is 5. The van der Waals surface area contributed by atoms with E-state index in [4.69, 9.17) is 37.6 Å². The zero-order chi connectivity index (χ0) is 52.7. The molecule has 0 fully saturated rings. The number of rotatable bonds is 20. The Labute approximate surface area is 405 Å². The van der Waals surface area contributed by atoms with Crippen LogP contribution in [-0.4, -0.2) is 108 Å². The lowest BCUT2D eigenvalue weighted by atomic mass is 9.92. The number of carboxylic acid groups (broad SMARTS) is 4. The number of allylic oxidation sites excluding steroid dienone is 1. The first kappa shape index (κ1) is 51.9. The molecule has 0 heterocycles. The van der Waals surface area contributed by atoms with Gasteiger partial charge < -0.3 is 47.4 Å².